The second kappa shape index (κ2) is 6.76. The van der Waals surface area contributed by atoms with E-state index in [0.29, 0.717) is 17.5 Å². The zero-order valence-electron chi connectivity index (χ0n) is 13.1. The van der Waals surface area contributed by atoms with Crippen molar-refractivity contribution in [2.75, 3.05) is 45.3 Å². The summed E-state index contributed by atoms with van der Waals surface area (Å²) in [6.07, 6.45) is 0. The third-order valence-corrected chi connectivity index (χ3v) is 3.81. The number of nitrogens with zero attached hydrogens (tertiary/aromatic N) is 3. The van der Waals surface area contributed by atoms with Crippen LogP contribution >= 0.6 is 0 Å². The molecule has 0 unspecified atom stereocenters. The van der Waals surface area contributed by atoms with Crippen molar-refractivity contribution in [2.24, 2.45) is 0 Å². The summed E-state index contributed by atoms with van der Waals surface area (Å²) in [5.41, 5.74) is 0.351. The highest BCUT2D eigenvalue weighted by molar-refractivity contribution is 5.92. The van der Waals surface area contributed by atoms with E-state index in [9.17, 15) is 4.79 Å². The molecule has 1 aliphatic heterocycles. The molecular formula is C15H23N3O3. The SMILES string of the molecule is COC(=O)c1ccc(N2CCN(C(C)C)CC2)nc1OC. The van der Waals surface area contributed by atoms with Crippen LogP contribution in [0.1, 0.15) is 24.2 Å². The third kappa shape index (κ3) is 3.44. The molecule has 0 spiro atoms. The van der Waals surface area contributed by atoms with E-state index in [0.717, 1.165) is 32.0 Å². The lowest BCUT2D eigenvalue weighted by molar-refractivity contribution is 0.0596. The largest absolute Gasteiger partial charge is 0.480 e. The Morgan fingerprint density at radius 3 is 2.38 bits per heavy atom. The van der Waals surface area contributed by atoms with Gasteiger partial charge in [-0.15, -0.1) is 0 Å². The average Bonchev–Trinajstić information content (AvgIpc) is 2.53. The van der Waals surface area contributed by atoms with Gasteiger partial charge in [0.05, 0.1) is 14.2 Å². The fourth-order valence-corrected chi connectivity index (χ4v) is 2.50. The van der Waals surface area contributed by atoms with Crippen LogP contribution in [0.3, 0.4) is 0 Å². The molecule has 6 nitrogen and oxygen atoms in total. The molecular weight excluding hydrogens is 270 g/mol. The standard InChI is InChI=1S/C15H23N3O3/c1-11(2)17-7-9-18(10-8-17)13-6-5-12(15(19)21-4)14(16-13)20-3/h5-6,11H,7-10H2,1-4H3. The van der Waals surface area contributed by atoms with Crippen molar-refractivity contribution in [1.29, 1.82) is 0 Å². The molecule has 1 fully saturated rings. The molecule has 2 rings (SSSR count). The Hall–Kier alpha value is -1.82. The number of anilines is 1. The van der Waals surface area contributed by atoms with Crippen LogP contribution in [0.2, 0.25) is 0 Å². The Morgan fingerprint density at radius 2 is 1.86 bits per heavy atom. The quantitative estimate of drug-likeness (QED) is 0.782. The third-order valence-electron chi connectivity index (χ3n) is 3.81. The van der Waals surface area contributed by atoms with Crippen LogP contribution in [-0.2, 0) is 4.74 Å². The van der Waals surface area contributed by atoms with Crippen LogP contribution in [0.15, 0.2) is 12.1 Å². The highest BCUT2D eigenvalue weighted by Crippen LogP contribution is 2.23. The molecule has 0 radical (unpaired) electrons. The maximum atomic E-state index is 11.6. The number of piperazine rings is 1. The maximum absolute atomic E-state index is 11.6. The van der Waals surface area contributed by atoms with Crippen LogP contribution in [-0.4, -0.2) is 62.3 Å². The summed E-state index contributed by atoms with van der Waals surface area (Å²) in [5.74, 6) is 0.712. The summed E-state index contributed by atoms with van der Waals surface area (Å²) in [7, 11) is 2.86. The van der Waals surface area contributed by atoms with E-state index >= 15 is 0 Å². The number of ether oxygens (including phenoxy) is 2. The number of rotatable bonds is 4. The minimum Gasteiger partial charge on any atom is -0.480 e. The van der Waals surface area contributed by atoms with Crippen LogP contribution < -0.4 is 9.64 Å². The molecule has 116 valence electrons. The molecule has 0 bridgehead atoms. The highest BCUT2D eigenvalue weighted by Gasteiger charge is 2.22. The summed E-state index contributed by atoms with van der Waals surface area (Å²) in [4.78, 5) is 20.7. The number of aromatic nitrogens is 1. The normalized spacial score (nSPS) is 16.1. The molecule has 1 saturated heterocycles. The first kappa shape index (κ1) is 15.6. The van der Waals surface area contributed by atoms with Gasteiger partial charge >= 0.3 is 5.97 Å². The van der Waals surface area contributed by atoms with Crippen molar-refractivity contribution >= 4 is 11.8 Å². The van der Waals surface area contributed by atoms with E-state index in [2.05, 4.69) is 28.6 Å². The molecule has 0 saturated carbocycles. The van der Waals surface area contributed by atoms with Crippen LogP contribution in [0, 0.1) is 0 Å². The fraction of sp³-hybridized carbons (Fsp3) is 0.600. The maximum Gasteiger partial charge on any atom is 0.343 e. The van der Waals surface area contributed by atoms with Gasteiger partial charge in [0, 0.05) is 32.2 Å². The molecule has 0 N–H and O–H groups in total. The minimum atomic E-state index is -0.435. The second-order valence-electron chi connectivity index (χ2n) is 5.33. The van der Waals surface area contributed by atoms with Gasteiger partial charge in [0.2, 0.25) is 5.88 Å². The number of pyridine rings is 1. The Morgan fingerprint density at radius 1 is 1.19 bits per heavy atom. The number of carbonyl (C=O) groups is 1. The predicted octanol–water partition coefficient (Wildman–Crippen LogP) is 1.41. The fourth-order valence-electron chi connectivity index (χ4n) is 2.50. The van der Waals surface area contributed by atoms with Crippen LogP contribution in [0.5, 0.6) is 5.88 Å². The predicted molar refractivity (Wildman–Crippen MR) is 81.1 cm³/mol. The molecule has 0 amide bonds. The summed E-state index contributed by atoms with van der Waals surface area (Å²) >= 11 is 0. The Bertz CT molecular complexity index is 497. The topological polar surface area (TPSA) is 54.9 Å². The molecule has 1 aromatic rings. The van der Waals surface area contributed by atoms with Gasteiger partial charge < -0.3 is 14.4 Å². The number of carbonyl (C=O) groups excluding carboxylic acids is 1. The first-order valence-corrected chi connectivity index (χ1v) is 7.19. The zero-order valence-corrected chi connectivity index (χ0v) is 13.1. The van der Waals surface area contributed by atoms with Gasteiger partial charge in [-0.25, -0.2) is 4.79 Å². The molecule has 0 aromatic carbocycles. The number of hydrogen-bond donors (Lipinski definition) is 0. The average molecular weight is 293 g/mol. The zero-order chi connectivity index (χ0) is 15.4. The van der Waals surface area contributed by atoms with Crippen molar-refractivity contribution < 1.29 is 14.3 Å². The van der Waals surface area contributed by atoms with Gasteiger partial charge in [0.25, 0.3) is 0 Å². The van der Waals surface area contributed by atoms with Gasteiger partial charge in [0.15, 0.2) is 0 Å². The first-order chi connectivity index (χ1) is 10.1. The summed E-state index contributed by atoms with van der Waals surface area (Å²) in [5, 5.41) is 0. The molecule has 0 atom stereocenters. The molecule has 0 aliphatic carbocycles. The molecule has 1 aliphatic rings. The number of hydrogen-bond acceptors (Lipinski definition) is 6. The van der Waals surface area contributed by atoms with Crippen molar-refractivity contribution in [2.45, 2.75) is 19.9 Å². The Labute approximate surface area is 125 Å². The molecule has 6 heteroatoms. The lowest BCUT2D eigenvalue weighted by Gasteiger charge is -2.37. The summed E-state index contributed by atoms with van der Waals surface area (Å²) in [6, 6.07) is 4.12. The van der Waals surface area contributed by atoms with Crippen molar-refractivity contribution in [3.63, 3.8) is 0 Å². The van der Waals surface area contributed by atoms with E-state index in [1.54, 1.807) is 6.07 Å². The van der Waals surface area contributed by atoms with Gasteiger partial charge in [-0.05, 0) is 26.0 Å². The second-order valence-corrected chi connectivity index (χ2v) is 5.33. The number of methoxy groups -OCH3 is 2. The van der Waals surface area contributed by atoms with E-state index in [4.69, 9.17) is 9.47 Å². The van der Waals surface area contributed by atoms with Crippen molar-refractivity contribution in [1.82, 2.24) is 9.88 Å². The van der Waals surface area contributed by atoms with Gasteiger partial charge in [-0.2, -0.15) is 4.98 Å². The smallest absolute Gasteiger partial charge is 0.343 e. The summed E-state index contributed by atoms with van der Waals surface area (Å²) < 4.78 is 9.94. The van der Waals surface area contributed by atoms with Crippen molar-refractivity contribution in [3.8, 4) is 5.88 Å². The van der Waals surface area contributed by atoms with Gasteiger partial charge in [-0.1, -0.05) is 0 Å². The van der Waals surface area contributed by atoms with E-state index in [1.807, 2.05) is 6.07 Å². The highest BCUT2D eigenvalue weighted by atomic mass is 16.5. The summed E-state index contributed by atoms with van der Waals surface area (Å²) in [6.45, 7) is 8.29. The minimum absolute atomic E-state index is 0.311. The van der Waals surface area contributed by atoms with E-state index in [-0.39, 0.29) is 0 Å². The van der Waals surface area contributed by atoms with Crippen LogP contribution in [0.25, 0.3) is 0 Å². The molecule has 1 aromatic heterocycles. The van der Waals surface area contributed by atoms with E-state index in [1.165, 1.54) is 14.2 Å². The van der Waals surface area contributed by atoms with Crippen LogP contribution in [0.4, 0.5) is 5.82 Å². The Kier molecular flexibility index (Phi) is 5.01. The van der Waals surface area contributed by atoms with Crippen molar-refractivity contribution in [3.05, 3.63) is 17.7 Å². The van der Waals surface area contributed by atoms with Gasteiger partial charge in [-0.3, -0.25) is 4.90 Å². The lowest BCUT2D eigenvalue weighted by atomic mass is 10.2. The Balaban J connectivity index is 2.13. The first-order valence-electron chi connectivity index (χ1n) is 7.19. The molecule has 2 heterocycles. The van der Waals surface area contributed by atoms with E-state index < -0.39 is 5.97 Å². The lowest BCUT2D eigenvalue weighted by Crippen LogP contribution is -2.49. The van der Waals surface area contributed by atoms with Gasteiger partial charge in [0.1, 0.15) is 11.4 Å². The number of esters is 1. The molecule has 21 heavy (non-hydrogen) atoms. The monoisotopic (exact) mass is 293 g/mol.